The lowest BCUT2D eigenvalue weighted by molar-refractivity contribution is -0.351. The summed E-state index contributed by atoms with van der Waals surface area (Å²) < 4.78 is 48.0. The van der Waals surface area contributed by atoms with E-state index in [0.717, 1.165) is 19.3 Å². The van der Waals surface area contributed by atoms with Crippen LogP contribution in [0.3, 0.4) is 0 Å². The molecule has 1 aromatic heterocycles. The molecule has 1 N–H and O–H groups in total. The Kier molecular flexibility index (Phi) is 5.71. The molecule has 3 amide bonds. The van der Waals surface area contributed by atoms with Gasteiger partial charge in [-0.3, -0.25) is 19.3 Å². The van der Waals surface area contributed by atoms with Gasteiger partial charge in [0, 0.05) is 37.3 Å². The van der Waals surface area contributed by atoms with E-state index < -0.39 is 40.9 Å². The number of anilines is 1. The van der Waals surface area contributed by atoms with Crippen molar-refractivity contribution in [3.05, 3.63) is 11.3 Å². The van der Waals surface area contributed by atoms with Gasteiger partial charge in [-0.25, -0.2) is 4.68 Å². The number of hydrogen-bond acceptors (Lipinski definition) is 6. The molecule has 2 saturated heterocycles. The molecule has 1 aromatic rings. The molecule has 5 atom stereocenters. The minimum Gasteiger partial charge on any atom is -0.381 e. The summed E-state index contributed by atoms with van der Waals surface area (Å²) in [5, 5.41) is 17.7. The number of nitrogens with one attached hydrogen (secondary N) is 1. The van der Waals surface area contributed by atoms with Gasteiger partial charge >= 0.3 is 6.18 Å². The fraction of sp³-hybridized carbons (Fsp3) is 0.767. The predicted molar refractivity (Wildman–Crippen MR) is 144 cm³/mol. The molecule has 230 valence electrons. The normalized spacial score (nSPS) is 38.0. The van der Waals surface area contributed by atoms with Crippen LogP contribution in [0.4, 0.5) is 19.0 Å². The zero-order chi connectivity index (χ0) is 30.1. The Morgan fingerprint density at radius 3 is 2.42 bits per heavy atom. The van der Waals surface area contributed by atoms with Gasteiger partial charge in [-0.05, 0) is 76.5 Å². The monoisotopic (exact) mass is 600 g/mol. The number of aromatic nitrogens is 2. The Morgan fingerprint density at radius 2 is 1.81 bits per heavy atom. The van der Waals surface area contributed by atoms with E-state index in [0.29, 0.717) is 49.8 Å². The third-order valence-electron chi connectivity index (χ3n) is 11.5. The molecule has 43 heavy (non-hydrogen) atoms. The van der Waals surface area contributed by atoms with E-state index in [4.69, 9.17) is 9.84 Å². The third kappa shape index (κ3) is 3.74. The van der Waals surface area contributed by atoms with Crippen LogP contribution in [-0.2, 0) is 14.3 Å². The van der Waals surface area contributed by atoms with Crippen molar-refractivity contribution >= 4 is 23.5 Å². The third-order valence-corrected chi connectivity index (χ3v) is 11.5. The molecule has 2 bridgehead atoms. The number of nitriles is 1. The zero-order valence-electron chi connectivity index (χ0n) is 24.0. The van der Waals surface area contributed by atoms with Crippen LogP contribution in [0.2, 0.25) is 0 Å². The van der Waals surface area contributed by atoms with Crippen molar-refractivity contribution in [2.45, 2.75) is 101 Å². The number of fused-ring (bicyclic) bond motifs is 2. The first kappa shape index (κ1) is 27.4. The quantitative estimate of drug-likeness (QED) is 0.534. The Balaban J connectivity index is 1.19. The molecule has 0 spiro atoms. The lowest BCUT2D eigenvalue weighted by Gasteiger charge is -2.69. The molecule has 0 radical (unpaired) electrons. The minimum absolute atomic E-state index is 0.00800. The number of ether oxygens (including phenoxy) is 1. The number of likely N-dealkylation sites (N-methyl/N-ethyl adjacent to an activating group) is 1. The van der Waals surface area contributed by atoms with E-state index in [2.05, 4.69) is 11.4 Å². The lowest BCUT2D eigenvalue weighted by atomic mass is 9.34. The van der Waals surface area contributed by atoms with Crippen LogP contribution in [0.1, 0.15) is 92.7 Å². The summed E-state index contributed by atoms with van der Waals surface area (Å²) in [6, 6.07) is 0.671. The van der Waals surface area contributed by atoms with Crippen LogP contribution < -0.4 is 10.2 Å². The average Bonchev–Trinajstić information content (AvgIpc) is 3.84. The number of carbonyl (C=O) groups excluding carboxylic acids is 3. The molecular formula is C30H35F3N6O4. The van der Waals surface area contributed by atoms with Crippen molar-refractivity contribution in [1.29, 1.82) is 5.26 Å². The van der Waals surface area contributed by atoms with Gasteiger partial charge in [0.1, 0.15) is 17.9 Å². The molecular weight excluding hydrogens is 565 g/mol. The Morgan fingerprint density at radius 1 is 1.12 bits per heavy atom. The van der Waals surface area contributed by atoms with Gasteiger partial charge in [-0.1, -0.05) is 0 Å². The lowest BCUT2D eigenvalue weighted by Crippen LogP contribution is -2.74. The summed E-state index contributed by atoms with van der Waals surface area (Å²) in [5.74, 6) is -0.740. The van der Waals surface area contributed by atoms with Crippen molar-refractivity contribution in [3.63, 3.8) is 0 Å². The highest BCUT2D eigenvalue weighted by Gasteiger charge is 2.81. The van der Waals surface area contributed by atoms with E-state index in [-0.39, 0.29) is 61.3 Å². The van der Waals surface area contributed by atoms with Gasteiger partial charge in [0.05, 0.1) is 22.9 Å². The predicted octanol–water partition coefficient (Wildman–Crippen LogP) is 3.44. The first-order valence-electron chi connectivity index (χ1n) is 15.6. The Hall–Kier alpha value is -3.14. The number of rotatable bonds is 6. The topological polar surface area (TPSA) is 121 Å². The molecule has 10 nitrogen and oxygen atoms in total. The Bertz CT molecular complexity index is 1440. The molecule has 8 aliphatic rings. The molecule has 4 heterocycles. The number of alkyl halides is 3. The number of nitrogens with zero attached hydrogens (tertiary/aromatic N) is 5. The summed E-state index contributed by atoms with van der Waals surface area (Å²) in [5.41, 5.74) is -2.01. The van der Waals surface area contributed by atoms with Crippen molar-refractivity contribution in [2.75, 3.05) is 24.7 Å². The van der Waals surface area contributed by atoms with Crippen LogP contribution in [0.5, 0.6) is 0 Å². The molecule has 3 aliphatic heterocycles. The van der Waals surface area contributed by atoms with Crippen LogP contribution in [0.25, 0.3) is 0 Å². The maximum atomic E-state index is 14.3. The van der Waals surface area contributed by atoms with Crippen LogP contribution >= 0.6 is 0 Å². The largest absolute Gasteiger partial charge is 0.394 e. The van der Waals surface area contributed by atoms with E-state index in [1.165, 1.54) is 0 Å². The number of likely N-dealkylation sites (tertiary alicyclic amines) is 1. The van der Waals surface area contributed by atoms with E-state index in [9.17, 15) is 32.8 Å². The fourth-order valence-corrected chi connectivity index (χ4v) is 8.98. The van der Waals surface area contributed by atoms with Crippen molar-refractivity contribution in [2.24, 2.45) is 22.7 Å². The molecule has 7 fully saturated rings. The maximum Gasteiger partial charge on any atom is 0.394 e. The highest BCUT2D eigenvalue weighted by atomic mass is 19.4. The van der Waals surface area contributed by atoms with Gasteiger partial charge in [0.15, 0.2) is 5.69 Å². The van der Waals surface area contributed by atoms with E-state index >= 15 is 0 Å². The first-order chi connectivity index (χ1) is 20.5. The second kappa shape index (κ2) is 8.96. The van der Waals surface area contributed by atoms with Gasteiger partial charge in [-0.15, -0.1) is 0 Å². The number of hydrogen-bond donors (Lipinski definition) is 1. The van der Waals surface area contributed by atoms with Gasteiger partial charge in [0.2, 0.25) is 5.91 Å². The van der Waals surface area contributed by atoms with E-state index in [1.54, 1.807) is 9.80 Å². The van der Waals surface area contributed by atoms with Crippen LogP contribution in [0, 0.1) is 34.0 Å². The highest BCUT2D eigenvalue weighted by molar-refractivity contribution is 6.06. The van der Waals surface area contributed by atoms with Gasteiger partial charge in [-0.2, -0.15) is 23.5 Å². The minimum atomic E-state index is -4.34. The maximum absolute atomic E-state index is 14.3. The van der Waals surface area contributed by atoms with Crippen molar-refractivity contribution in [3.8, 4) is 6.07 Å². The zero-order valence-corrected chi connectivity index (χ0v) is 24.0. The SMILES string of the molecule is CCN1C(=O)[C@@H](NC(=O)C23CC(C(F)(F)F)(C2)C3)[C@@H](C2CC2)c2c(C(=O)N3[C@H](C#N)C[C@H]4C[C@H]43)nn(C3CCOCC3)c21. The fourth-order valence-electron chi connectivity index (χ4n) is 8.98. The molecule has 9 rings (SSSR count). The first-order valence-corrected chi connectivity index (χ1v) is 15.6. The summed E-state index contributed by atoms with van der Waals surface area (Å²) in [6.45, 7) is 3.16. The summed E-state index contributed by atoms with van der Waals surface area (Å²) in [6.07, 6.45) is -0.623. The second-order valence-corrected chi connectivity index (χ2v) is 14.0. The molecule has 0 aromatic carbocycles. The molecule has 0 unspecified atom stereocenters. The molecule has 13 heteroatoms. The van der Waals surface area contributed by atoms with E-state index in [1.807, 2.05) is 11.6 Å². The standard InChI is InChI=1S/C30H35F3N6O4/c1-2-37-24-21(20(15-3-4-15)22(25(37)40)35-27(42)28-12-29(13-28,14-28)30(31,32)33)23(36-39(24)17-5-7-43-8-6-17)26(41)38-18(11-34)9-16-10-19(16)38/h15-20,22H,2-10,12-14H2,1H3,(H,35,42)/t16-,18-,19+,20-,22-,28?,29?/m0/s1. The number of amides is 3. The van der Waals surface area contributed by atoms with Crippen LogP contribution in [-0.4, -0.2) is 76.5 Å². The summed E-state index contributed by atoms with van der Waals surface area (Å²) >= 11 is 0. The number of halogens is 3. The highest BCUT2D eigenvalue weighted by Crippen LogP contribution is 2.78. The van der Waals surface area contributed by atoms with Gasteiger partial charge < -0.3 is 15.0 Å². The summed E-state index contributed by atoms with van der Waals surface area (Å²) in [7, 11) is 0. The molecule has 5 aliphatic carbocycles. The number of piperidine rings is 1. The summed E-state index contributed by atoms with van der Waals surface area (Å²) in [4.78, 5) is 45.4. The van der Waals surface area contributed by atoms with Crippen molar-refractivity contribution < 1.29 is 32.3 Å². The smallest absolute Gasteiger partial charge is 0.381 e. The van der Waals surface area contributed by atoms with Crippen molar-refractivity contribution in [1.82, 2.24) is 20.0 Å². The average molecular weight is 601 g/mol. The molecule has 5 saturated carbocycles. The number of carbonyl (C=O) groups is 3. The Labute approximate surface area is 246 Å². The second-order valence-electron chi connectivity index (χ2n) is 14.0. The van der Waals surface area contributed by atoms with Crippen LogP contribution in [0.15, 0.2) is 0 Å². The van der Waals surface area contributed by atoms with Gasteiger partial charge in [0.25, 0.3) is 11.8 Å².